The van der Waals surface area contributed by atoms with Crippen LogP contribution in [0.3, 0.4) is 0 Å². The van der Waals surface area contributed by atoms with Crippen LogP contribution >= 0.6 is 11.6 Å². The lowest BCUT2D eigenvalue weighted by Crippen LogP contribution is -2.33. The Balaban J connectivity index is 1.86. The number of amides is 1. The lowest BCUT2D eigenvalue weighted by atomic mass is 10.2. The maximum atomic E-state index is 12.0. The minimum Gasteiger partial charge on any atom is -0.481 e. The molecule has 5 nitrogen and oxygen atoms in total. The Labute approximate surface area is 146 Å². The Morgan fingerprint density at radius 1 is 1.17 bits per heavy atom. The third kappa shape index (κ3) is 5.28. The van der Waals surface area contributed by atoms with Gasteiger partial charge in [0.1, 0.15) is 5.75 Å². The average molecular weight is 346 g/mol. The monoisotopic (exact) mass is 345 g/mol. The highest BCUT2D eigenvalue weighted by Crippen LogP contribution is 2.16. The van der Waals surface area contributed by atoms with Crippen molar-refractivity contribution in [1.82, 2.24) is 5.43 Å². The molecular weight excluding hydrogens is 326 g/mol. The molecule has 24 heavy (non-hydrogen) atoms. The molecule has 0 fully saturated rings. The molecule has 0 aliphatic heterocycles. The largest absolute Gasteiger partial charge is 0.481 e. The normalized spacial score (nSPS) is 12.0. The molecule has 0 radical (unpaired) electrons. The molecule has 0 heterocycles. The molecule has 6 heteroatoms. The van der Waals surface area contributed by atoms with Gasteiger partial charge in [0.25, 0.3) is 5.91 Å². The van der Waals surface area contributed by atoms with Gasteiger partial charge < -0.3 is 9.64 Å². The van der Waals surface area contributed by atoms with E-state index in [2.05, 4.69) is 10.5 Å². The van der Waals surface area contributed by atoms with E-state index in [-0.39, 0.29) is 5.91 Å². The molecule has 0 aliphatic carbocycles. The van der Waals surface area contributed by atoms with Crippen molar-refractivity contribution in [2.45, 2.75) is 13.0 Å². The molecule has 0 spiro atoms. The summed E-state index contributed by atoms with van der Waals surface area (Å²) in [5.74, 6) is 0.247. The number of hydrazone groups is 1. The van der Waals surface area contributed by atoms with Gasteiger partial charge in [0, 0.05) is 24.8 Å². The summed E-state index contributed by atoms with van der Waals surface area (Å²) in [6, 6.07) is 14.7. The first-order valence-electron chi connectivity index (χ1n) is 7.48. The molecule has 0 bridgehead atoms. The van der Waals surface area contributed by atoms with Crippen LogP contribution in [-0.2, 0) is 4.79 Å². The number of carbonyl (C=O) groups is 1. The summed E-state index contributed by atoms with van der Waals surface area (Å²) in [4.78, 5) is 14.0. The average Bonchev–Trinajstić information content (AvgIpc) is 2.57. The first-order valence-corrected chi connectivity index (χ1v) is 7.86. The predicted molar refractivity (Wildman–Crippen MR) is 98.0 cm³/mol. The van der Waals surface area contributed by atoms with Crippen LogP contribution in [0.25, 0.3) is 0 Å². The van der Waals surface area contributed by atoms with Gasteiger partial charge in [-0.1, -0.05) is 23.7 Å². The van der Waals surface area contributed by atoms with E-state index >= 15 is 0 Å². The number of nitrogens with one attached hydrogen (secondary N) is 1. The minimum absolute atomic E-state index is 0.328. The molecule has 2 rings (SSSR count). The van der Waals surface area contributed by atoms with Gasteiger partial charge in [-0.15, -0.1) is 0 Å². The lowest BCUT2D eigenvalue weighted by molar-refractivity contribution is -0.127. The maximum Gasteiger partial charge on any atom is 0.280 e. The molecule has 1 N–H and O–H groups in total. The van der Waals surface area contributed by atoms with E-state index in [0.717, 1.165) is 11.3 Å². The van der Waals surface area contributed by atoms with E-state index < -0.39 is 6.10 Å². The van der Waals surface area contributed by atoms with Crippen molar-refractivity contribution in [3.63, 3.8) is 0 Å². The van der Waals surface area contributed by atoms with Gasteiger partial charge in [-0.2, -0.15) is 5.10 Å². The number of halogens is 1. The van der Waals surface area contributed by atoms with Crippen LogP contribution in [0.15, 0.2) is 53.6 Å². The van der Waals surface area contributed by atoms with E-state index in [9.17, 15) is 4.79 Å². The van der Waals surface area contributed by atoms with E-state index in [1.54, 1.807) is 37.4 Å². The molecule has 0 aromatic heterocycles. The number of nitrogens with zero attached hydrogens (tertiary/aromatic N) is 2. The molecule has 1 amide bonds. The molecule has 0 unspecified atom stereocenters. The number of anilines is 1. The van der Waals surface area contributed by atoms with Crippen LogP contribution in [0.1, 0.15) is 12.5 Å². The molecule has 0 saturated heterocycles. The molecule has 0 aliphatic rings. The van der Waals surface area contributed by atoms with Crippen LogP contribution < -0.4 is 15.1 Å². The predicted octanol–water partition coefficient (Wildman–Crippen LogP) is 3.32. The second-order valence-electron chi connectivity index (χ2n) is 5.43. The number of benzene rings is 2. The number of ether oxygens (including phenoxy) is 1. The fourth-order valence-corrected chi connectivity index (χ4v) is 2.02. The Hall–Kier alpha value is -2.53. The first kappa shape index (κ1) is 17.8. The van der Waals surface area contributed by atoms with Crippen molar-refractivity contribution in [2.75, 3.05) is 19.0 Å². The molecule has 126 valence electrons. The topological polar surface area (TPSA) is 53.9 Å². The van der Waals surface area contributed by atoms with Crippen molar-refractivity contribution >= 4 is 29.4 Å². The zero-order valence-electron chi connectivity index (χ0n) is 13.9. The number of carbonyl (C=O) groups excluding carboxylic acids is 1. The van der Waals surface area contributed by atoms with Crippen molar-refractivity contribution in [3.8, 4) is 5.75 Å². The second kappa shape index (κ2) is 8.36. The zero-order valence-corrected chi connectivity index (χ0v) is 14.6. The van der Waals surface area contributed by atoms with Crippen molar-refractivity contribution in [3.05, 3.63) is 59.1 Å². The fourth-order valence-electron chi connectivity index (χ4n) is 1.89. The van der Waals surface area contributed by atoms with Gasteiger partial charge in [0.05, 0.1) is 6.21 Å². The highest BCUT2D eigenvalue weighted by Gasteiger charge is 2.13. The Morgan fingerprint density at radius 3 is 2.38 bits per heavy atom. The summed E-state index contributed by atoms with van der Waals surface area (Å²) in [5.41, 5.74) is 4.46. The lowest BCUT2D eigenvalue weighted by Gasteiger charge is -2.13. The highest BCUT2D eigenvalue weighted by atomic mass is 35.5. The molecule has 2 aromatic rings. The van der Waals surface area contributed by atoms with Gasteiger partial charge >= 0.3 is 0 Å². The summed E-state index contributed by atoms with van der Waals surface area (Å²) in [6.45, 7) is 1.66. The number of hydrogen-bond donors (Lipinski definition) is 1. The van der Waals surface area contributed by atoms with Crippen molar-refractivity contribution in [2.24, 2.45) is 5.10 Å². The number of hydrogen-bond acceptors (Lipinski definition) is 4. The zero-order chi connectivity index (χ0) is 17.5. The third-order valence-electron chi connectivity index (χ3n) is 3.29. The Morgan fingerprint density at radius 2 is 1.79 bits per heavy atom. The van der Waals surface area contributed by atoms with Gasteiger partial charge in [-0.3, -0.25) is 4.79 Å². The quantitative estimate of drug-likeness (QED) is 0.645. The van der Waals surface area contributed by atoms with Gasteiger partial charge in [0.2, 0.25) is 0 Å². The summed E-state index contributed by atoms with van der Waals surface area (Å²) in [5, 5.41) is 4.57. The van der Waals surface area contributed by atoms with Crippen LogP contribution in [0.5, 0.6) is 5.75 Å². The summed E-state index contributed by atoms with van der Waals surface area (Å²) in [6.07, 6.45) is 0.922. The van der Waals surface area contributed by atoms with Crippen molar-refractivity contribution < 1.29 is 9.53 Å². The van der Waals surface area contributed by atoms with Gasteiger partial charge in [0.15, 0.2) is 6.10 Å². The SMILES string of the molecule is C[C@H](Oc1ccc(Cl)cc1)C(=O)N/N=C/c1ccc(N(C)C)cc1. The van der Waals surface area contributed by atoms with Crippen LogP contribution in [0, 0.1) is 0 Å². The van der Waals surface area contributed by atoms with E-state index in [1.165, 1.54) is 0 Å². The van der Waals surface area contributed by atoms with Crippen LogP contribution in [-0.4, -0.2) is 32.3 Å². The smallest absolute Gasteiger partial charge is 0.280 e. The summed E-state index contributed by atoms with van der Waals surface area (Å²) < 4.78 is 5.53. The highest BCUT2D eigenvalue weighted by molar-refractivity contribution is 6.30. The molecule has 0 saturated carbocycles. The second-order valence-corrected chi connectivity index (χ2v) is 5.87. The Kier molecular flexibility index (Phi) is 6.21. The van der Waals surface area contributed by atoms with E-state index in [1.807, 2.05) is 43.3 Å². The van der Waals surface area contributed by atoms with Crippen LogP contribution in [0.4, 0.5) is 5.69 Å². The summed E-state index contributed by atoms with van der Waals surface area (Å²) in [7, 11) is 3.96. The summed E-state index contributed by atoms with van der Waals surface area (Å²) >= 11 is 5.81. The third-order valence-corrected chi connectivity index (χ3v) is 3.55. The first-order chi connectivity index (χ1) is 11.5. The minimum atomic E-state index is -0.667. The standard InChI is InChI=1S/C18H20ClN3O2/c1-13(24-17-10-6-15(19)7-11-17)18(23)21-20-12-14-4-8-16(9-5-14)22(2)3/h4-13H,1-3H3,(H,21,23)/b20-12+/t13-/m0/s1. The van der Waals surface area contributed by atoms with Gasteiger partial charge in [-0.05, 0) is 48.9 Å². The Bertz CT molecular complexity index is 697. The van der Waals surface area contributed by atoms with Gasteiger partial charge in [-0.25, -0.2) is 5.43 Å². The maximum absolute atomic E-state index is 12.0. The molecule has 1 atom stereocenters. The number of rotatable bonds is 6. The van der Waals surface area contributed by atoms with Crippen LogP contribution in [0.2, 0.25) is 5.02 Å². The molecular formula is C18H20ClN3O2. The van der Waals surface area contributed by atoms with E-state index in [4.69, 9.17) is 16.3 Å². The fraction of sp³-hybridized carbons (Fsp3) is 0.222. The molecule has 2 aromatic carbocycles. The van der Waals surface area contributed by atoms with E-state index in [0.29, 0.717) is 10.8 Å². The van der Waals surface area contributed by atoms with Crippen molar-refractivity contribution in [1.29, 1.82) is 0 Å².